The summed E-state index contributed by atoms with van der Waals surface area (Å²) < 4.78 is 0. The first-order valence-electron chi connectivity index (χ1n) is 9.51. The van der Waals surface area contributed by atoms with Crippen molar-refractivity contribution in [2.75, 3.05) is 32.7 Å². The van der Waals surface area contributed by atoms with E-state index in [2.05, 4.69) is 22.3 Å². The molecule has 0 bridgehead atoms. The van der Waals surface area contributed by atoms with Gasteiger partial charge in [-0.3, -0.25) is 24.6 Å². The van der Waals surface area contributed by atoms with Crippen molar-refractivity contribution < 1.29 is 14.5 Å². The van der Waals surface area contributed by atoms with Gasteiger partial charge in [0.25, 0.3) is 11.6 Å². The van der Waals surface area contributed by atoms with Crippen LogP contribution in [0.15, 0.2) is 48.5 Å². The zero-order chi connectivity index (χ0) is 20.8. The lowest BCUT2D eigenvalue weighted by Crippen LogP contribution is -2.50. The second-order valence-corrected chi connectivity index (χ2v) is 7.08. The Hall–Kier alpha value is -3.26. The molecule has 2 aromatic carbocycles. The minimum Gasteiger partial charge on any atom is -0.343 e. The summed E-state index contributed by atoms with van der Waals surface area (Å²) in [5, 5.41) is 13.5. The molecule has 8 heteroatoms. The van der Waals surface area contributed by atoms with E-state index < -0.39 is 10.8 Å². The highest BCUT2D eigenvalue weighted by Crippen LogP contribution is 2.18. The number of aryl methyl sites for hydroxylation is 1. The fourth-order valence-corrected chi connectivity index (χ4v) is 3.37. The molecule has 8 nitrogen and oxygen atoms in total. The molecule has 29 heavy (non-hydrogen) atoms. The van der Waals surface area contributed by atoms with Crippen molar-refractivity contribution >= 4 is 17.5 Å². The average molecular weight is 396 g/mol. The number of nitro benzene ring substituents is 1. The highest BCUT2D eigenvalue weighted by atomic mass is 16.6. The number of rotatable bonds is 6. The molecule has 0 saturated carbocycles. The number of amides is 2. The van der Waals surface area contributed by atoms with E-state index in [0.29, 0.717) is 24.2 Å². The van der Waals surface area contributed by atoms with Gasteiger partial charge in [-0.1, -0.05) is 30.3 Å². The molecular weight excluding hydrogens is 372 g/mol. The van der Waals surface area contributed by atoms with Gasteiger partial charge in [0.2, 0.25) is 5.91 Å². The third kappa shape index (κ3) is 5.39. The van der Waals surface area contributed by atoms with E-state index in [-0.39, 0.29) is 18.1 Å². The van der Waals surface area contributed by atoms with Crippen LogP contribution in [-0.2, 0) is 11.3 Å². The van der Waals surface area contributed by atoms with Crippen LogP contribution in [-0.4, -0.2) is 59.3 Å². The highest BCUT2D eigenvalue weighted by molar-refractivity contribution is 5.96. The standard InChI is InChI=1S/C21H24N4O4/c1-16-13-18(7-8-19(16)25(28)29)21(27)22-14-20(26)24-11-9-23(10-12-24)15-17-5-3-2-4-6-17/h2-8,13H,9-12,14-15H2,1H3,(H,22,27). The summed E-state index contributed by atoms with van der Waals surface area (Å²) >= 11 is 0. The second-order valence-electron chi connectivity index (χ2n) is 7.08. The van der Waals surface area contributed by atoms with Crippen LogP contribution in [0.5, 0.6) is 0 Å². The topological polar surface area (TPSA) is 95.8 Å². The number of carbonyl (C=O) groups excluding carboxylic acids is 2. The maximum Gasteiger partial charge on any atom is 0.272 e. The van der Waals surface area contributed by atoms with Gasteiger partial charge in [-0.05, 0) is 24.6 Å². The molecule has 1 aliphatic rings. The lowest BCUT2D eigenvalue weighted by molar-refractivity contribution is -0.385. The normalized spacial score (nSPS) is 14.4. The first-order valence-corrected chi connectivity index (χ1v) is 9.51. The predicted molar refractivity (Wildman–Crippen MR) is 108 cm³/mol. The van der Waals surface area contributed by atoms with Crippen LogP contribution >= 0.6 is 0 Å². The van der Waals surface area contributed by atoms with Crippen LogP contribution in [0.2, 0.25) is 0 Å². The van der Waals surface area contributed by atoms with Crippen LogP contribution in [0.4, 0.5) is 5.69 Å². The summed E-state index contributed by atoms with van der Waals surface area (Å²) in [4.78, 5) is 39.1. The summed E-state index contributed by atoms with van der Waals surface area (Å²) in [6.07, 6.45) is 0. The number of hydrogen-bond acceptors (Lipinski definition) is 5. The SMILES string of the molecule is Cc1cc(C(=O)NCC(=O)N2CCN(Cc3ccccc3)CC2)ccc1[N+](=O)[O-]. The van der Waals surface area contributed by atoms with Gasteiger partial charge < -0.3 is 10.2 Å². The van der Waals surface area contributed by atoms with Crippen molar-refractivity contribution in [3.63, 3.8) is 0 Å². The Kier molecular flexibility index (Phi) is 6.56. The third-order valence-electron chi connectivity index (χ3n) is 5.03. The van der Waals surface area contributed by atoms with Gasteiger partial charge in [-0.25, -0.2) is 0 Å². The van der Waals surface area contributed by atoms with Crippen molar-refractivity contribution in [1.29, 1.82) is 0 Å². The molecule has 1 aliphatic heterocycles. The van der Waals surface area contributed by atoms with Crippen molar-refractivity contribution in [2.45, 2.75) is 13.5 Å². The summed E-state index contributed by atoms with van der Waals surface area (Å²) in [5.41, 5.74) is 1.92. The molecule has 1 fully saturated rings. The Morgan fingerprint density at radius 3 is 2.38 bits per heavy atom. The highest BCUT2D eigenvalue weighted by Gasteiger charge is 2.22. The van der Waals surface area contributed by atoms with E-state index in [1.165, 1.54) is 23.8 Å². The quantitative estimate of drug-likeness (QED) is 0.595. The van der Waals surface area contributed by atoms with Crippen LogP contribution in [0.3, 0.4) is 0 Å². The average Bonchev–Trinajstić information content (AvgIpc) is 2.72. The molecule has 0 radical (unpaired) electrons. The zero-order valence-corrected chi connectivity index (χ0v) is 16.3. The largest absolute Gasteiger partial charge is 0.343 e. The first kappa shape index (κ1) is 20.5. The molecule has 2 amide bonds. The van der Waals surface area contributed by atoms with E-state index >= 15 is 0 Å². The number of nitro groups is 1. The number of nitrogens with one attached hydrogen (secondary N) is 1. The predicted octanol–water partition coefficient (Wildman–Crippen LogP) is 1.98. The van der Waals surface area contributed by atoms with Gasteiger partial charge in [-0.2, -0.15) is 0 Å². The Bertz CT molecular complexity index is 893. The fourth-order valence-electron chi connectivity index (χ4n) is 3.37. The van der Waals surface area contributed by atoms with Gasteiger partial charge in [-0.15, -0.1) is 0 Å². The van der Waals surface area contributed by atoms with E-state index in [1.54, 1.807) is 11.8 Å². The van der Waals surface area contributed by atoms with Crippen molar-refractivity contribution in [1.82, 2.24) is 15.1 Å². The van der Waals surface area contributed by atoms with Gasteiger partial charge in [0.05, 0.1) is 11.5 Å². The Labute approximate surface area is 169 Å². The Morgan fingerprint density at radius 1 is 1.07 bits per heavy atom. The molecule has 152 valence electrons. The number of piperazine rings is 1. The molecule has 0 aliphatic carbocycles. The number of nitrogens with zero attached hydrogens (tertiary/aromatic N) is 3. The molecule has 1 N–H and O–H groups in total. The van der Waals surface area contributed by atoms with Crippen LogP contribution in [0, 0.1) is 17.0 Å². The number of hydrogen-bond donors (Lipinski definition) is 1. The third-order valence-corrected chi connectivity index (χ3v) is 5.03. The van der Waals surface area contributed by atoms with Crippen molar-refractivity contribution in [3.8, 4) is 0 Å². The van der Waals surface area contributed by atoms with Gasteiger partial charge in [0.1, 0.15) is 0 Å². The van der Waals surface area contributed by atoms with E-state index in [0.717, 1.165) is 19.6 Å². The Balaban J connectivity index is 1.46. The lowest BCUT2D eigenvalue weighted by atomic mass is 10.1. The zero-order valence-electron chi connectivity index (χ0n) is 16.3. The summed E-state index contributed by atoms with van der Waals surface area (Å²) in [6, 6.07) is 14.4. The van der Waals surface area contributed by atoms with E-state index in [9.17, 15) is 19.7 Å². The minimum absolute atomic E-state index is 0.0361. The minimum atomic E-state index is -0.488. The summed E-state index contributed by atoms with van der Waals surface area (Å²) in [6.45, 7) is 5.17. The fraction of sp³-hybridized carbons (Fsp3) is 0.333. The van der Waals surface area contributed by atoms with Gasteiger partial charge in [0.15, 0.2) is 0 Å². The molecule has 1 heterocycles. The second kappa shape index (κ2) is 9.29. The van der Waals surface area contributed by atoms with Crippen molar-refractivity contribution in [3.05, 3.63) is 75.3 Å². The molecule has 3 rings (SSSR count). The van der Waals surface area contributed by atoms with E-state index in [4.69, 9.17) is 0 Å². The van der Waals surface area contributed by atoms with Crippen LogP contribution in [0.25, 0.3) is 0 Å². The maximum atomic E-state index is 12.4. The van der Waals surface area contributed by atoms with Crippen LogP contribution < -0.4 is 5.32 Å². The van der Waals surface area contributed by atoms with E-state index in [1.807, 2.05) is 18.2 Å². The lowest BCUT2D eigenvalue weighted by Gasteiger charge is -2.34. The van der Waals surface area contributed by atoms with Crippen LogP contribution in [0.1, 0.15) is 21.5 Å². The molecule has 0 aromatic heterocycles. The molecular formula is C21H24N4O4. The molecule has 2 aromatic rings. The summed E-state index contributed by atoms with van der Waals surface area (Å²) in [5.74, 6) is -0.546. The van der Waals surface area contributed by atoms with Gasteiger partial charge in [0, 0.05) is 49.9 Å². The maximum absolute atomic E-state index is 12.4. The number of carbonyl (C=O) groups is 2. The smallest absolute Gasteiger partial charge is 0.272 e. The Morgan fingerprint density at radius 2 is 1.76 bits per heavy atom. The molecule has 0 spiro atoms. The molecule has 1 saturated heterocycles. The summed E-state index contributed by atoms with van der Waals surface area (Å²) in [7, 11) is 0. The molecule has 0 atom stereocenters. The number of benzene rings is 2. The van der Waals surface area contributed by atoms with Gasteiger partial charge >= 0.3 is 0 Å². The monoisotopic (exact) mass is 396 g/mol. The van der Waals surface area contributed by atoms with Crippen molar-refractivity contribution in [2.24, 2.45) is 0 Å². The first-order chi connectivity index (χ1) is 13.9. The molecule has 0 unspecified atom stereocenters.